The number of rotatable bonds is 3. The Morgan fingerprint density at radius 2 is 2.29 bits per heavy atom. The molecule has 1 heterocycles. The number of nitrogens with zero attached hydrogens (tertiary/aromatic N) is 1. The number of aromatic nitrogens is 1. The number of thiazole rings is 1. The average molecular weight is 336 g/mol. The molecule has 0 radical (unpaired) electrons. The van der Waals surface area contributed by atoms with E-state index >= 15 is 0 Å². The van der Waals surface area contributed by atoms with E-state index in [4.69, 9.17) is 11.6 Å². The summed E-state index contributed by atoms with van der Waals surface area (Å²) in [5.74, 6) is -0.219. The lowest BCUT2D eigenvalue weighted by Crippen LogP contribution is -2.00. The summed E-state index contributed by atoms with van der Waals surface area (Å²) in [6.07, 6.45) is 1.73. The fourth-order valence-electron chi connectivity index (χ4n) is 1.35. The van der Waals surface area contributed by atoms with Crippen molar-refractivity contribution in [2.45, 2.75) is 13.5 Å². The smallest absolute Gasteiger partial charge is 0.183 e. The molecule has 0 spiro atoms. The van der Waals surface area contributed by atoms with Crippen LogP contribution in [0.2, 0.25) is 4.47 Å². The minimum atomic E-state index is -0.219. The van der Waals surface area contributed by atoms with Gasteiger partial charge in [0.25, 0.3) is 0 Å². The molecule has 0 fully saturated rings. The number of nitrogens with one attached hydrogen (secondary N) is 1. The summed E-state index contributed by atoms with van der Waals surface area (Å²) in [7, 11) is 0. The van der Waals surface area contributed by atoms with Crippen LogP contribution in [0.25, 0.3) is 0 Å². The highest BCUT2D eigenvalue weighted by Gasteiger charge is 2.07. The van der Waals surface area contributed by atoms with E-state index in [1.807, 2.05) is 0 Å². The lowest BCUT2D eigenvalue weighted by Gasteiger charge is -2.09. The quantitative estimate of drug-likeness (QED) is 0.885. The van der Waals surface area contributed by atoms with E-state index < -0.39 is 0 Å². The van der Waals surface area contributed by atoms with Crippen LogP contribution < -0.4 is 5.32 Å². The maximum atomic E-state index is 13.2. The Bertz CT molecular complexity index is 544. The third-order valence-electron chi connectivity index (χ3n) is 2.30. The molecule has 0 aliphatic rings. The van der Waals surface area contributed by atoms with Gasteiger partial charge in [-0.15, -0.1) is 11.3 Å². The minimum absolute atomic E-state index is 0.219. The zero-order valence-electron chi connectivity index (χ0n) is 8.93. The third kappa shape index (κ3) is 2.97. The Morgan fingerprint density at radius 1 is 1.53 bits per heavy atom. The second-order valence-electron chi connectivity index (χ2n) is 3.47. The Labute approximate surface area is 116 Å². The molecular formula is C11H9BrClFN2S. The van der Waals surface area contributed by atoms with Gasteiger partial charge in [-0.25, -0.2) is 9.37 Å². The molecule has 1 aromatic heterocycles. The van der Waals surface area contributed by atoms with Crippen molar-refractivity contribution in [2.24, 2.45) is 0 Å². The molecule has 0 aliphatic heterocycles. The first kappa shape index (κ1) is 12.8. The van der Waals surface area contributed by atoms with E-state index in [1.165, 1.54) is 17.4 Å². The van der Waals surface area contributed by atoms with Crippen molar-refractivity contribution in [3.8, 4) is 0 Å². The van der Waals surface area contributed by atoms with Gasteiger partial charge in [-0.1, -0.05) is 11.6 Å². The van der Waals surface area contributed by atoms with Gasteiger partial charge in [0.15, 0.2) is 4.47 Å². The van der Waals surface area contributed by atoms with Crippen molar-refractivity contribution in [3.05, 3.63) is 43.5 Å². The number of hydrogen-bond acceptors (Lipinski definition) is 3. The highest BCUT2D eigenvalue weighted by atomic mass is 79.9. The van der Waals surface area contributed by atoms with E-state index in [9.17, 15) is 4.39 Å². The predicted octanol–water partition coefficient (Wildman–Crippen LogP) is 4.62. The van der Waals surface area contributed by atoms with Gasteiger partial charge in [-0.05, 0) is 35.0 Å². The van der Waals surface area contributed by atoms with Crippen molar-refractivity contribution in [3.63, 3.8) is 0 Å². The molecule has 1 N–H and O–H groups in total. The molecule has 2 rings (SSSR count). The fourth-order valence-corrected chi connectivity index (χ4v) is 2.73. The van der Waals surface area contributed by atoms with Crippen molar-refractivity contribution >= 4 is 44.6 Å². The molecule has 0 saturated heterocycles. The van der Waals surface area contributed by atoms with Gasteiger partial charge in [0.05, 0.1) is 6.54 Å². The average Bonchev–Trinajstić information content (AvgIpc) is 2.71. The lowest BCUT2D eigenvalue weighted by molar-refractivity contribution is 0.617. The Hall–Kier alpha value is -0.650. The zero-order valence-corrected chi connectivity index (χ0v) is 12.1. The van der Waals surface area contributed by atoms with Crippen molar-refractivity contribution in [1.82, 2.24) is 4.98 Å². The first-order valence-corrected chi connectivity index (χ1v) is 6.85. The van der Waals surface area contributed by atoms with Crippen LogP contribution in [0.3, 0.4) is 0 Å². The number of halogens is 3. The van der Waals surface area contributed by atoms with Crippen LogP contribution in [-0.4, -0.2) is 4.98 Å². The van der Waals surface area contributed by atoms with Gasteiger partial charge in [-0.2, -0.15) is 0 Å². The lowest BCUT2D eigenvalue weighted by atomic mass is 10.2. The van der Waals surface area contributed by atoms with Crippen LogP contribution in [0.1, 0.15) is 10.4 Å². The Morgan fingerprint density at radius 3 is 2.94 bits per heavy atom. The monoisotopic (exact) mass is 334 g/mol. The van der Waals surface area contributed by atoms with Crippen LogP contribution in [0.4, 0.5) is 10.1 Å². The van der Waals surface area contributed by atoms with Crippen LogP contribution in [0.15, 0.2) is 22.8 Å². The number of benzene rings is 1. The summed E-state index contributed by atoms with van der Waals surface area (Å²) in [5.41, 5.74) is 1.45. The number of anilines is 1. The highest BCUT2D eigenvalue weighted by molar-refractivity contribution is 9.10. The molecule has 17 heavy (non-hydrogen) atoms. The predicted molar refractivity (Wildman–Crippen MR) is 73.3 cm³/mol. The molecule has 2 nitrogen and oxygen atoms in total. The van der Waals surface area contributed by atoms with E-state index in [0.29, 0.717) is 16.6 Å². The second-order valence-corrected chi connectivity index (χ2v) is 5.96. The third-order valence-corrected chi connectivity index (χ3v) is 4.44. The van der Waals surface area contributed by atoms with E-state index in [-0.39, 0.29) is 5.82 Å². The molecule has 0 atom stereocenters. The van der Waals surface area contributed by atoms with Crippen LogP contribution >= 0.6 is 38.9 Å². The first-order valence-electron chi connectivity index (χ1n) is 4.86. The molecule has 6 heteroatoms. The standard InChI is InChI=1S/C11H9BrClFN2S/c1-6-8(14)2-3-9(10(6)12)15-4-7-5-16-11(13)17-7/h2-3,5,15H,4H2,1H3. The first-order chi connectivity index (χ1) is 8.08. The maximum Gasteiger partial charge on any atom is 0.183 e. The van der Waals surface area contributed by atoms with Crippen molar-refractivity contribution in [2.75, 3.05) is 5.32 Å². The highest BCUT2D eigenvalue weighted by Crippen LogP contribution is 2.29. The van der Waals surface area contributed by atoms with Gasteiger partial charge in [0.1, 0.15) is 5.82 Å². The second kappa shape index (κ2) is 5.33. The summed E-state index contributed by atoms with van der Waals surface area (Å²) in [4.78, 5) is 4.99. The van der Waals surface area contributed by atoms with Gasteiger partial charge in [-0.3, -0.25) is 0 Å². The van der Waals surface area contributed by atoms with Gasteiger partial charge < -0.3 is 5.32 Å². The van der Waals surface area contributed by atoms with Crippen LogP contribution in [-0.2, 0) is 6.54 Å². The van der Waals surface area contributed by atoms with Crippen molar-refractivity contribution < 1.29 is 4.39 Å². The molecule has 1 aromatic carbocycles. The fraction of sp³-hybridized carbons (Fsp3) is 0.182. The van der Waals surface area contributed by atoms with Gasteiger partial charge in [0, 0.05) is 26.8 Å². The van der Waals surface area contributed by atoms with E-state index in [1.54, 1.807) is 19.2 Å². The molecule has 0 unspecified atom stereocenters. The van der Waals surface area contributed by atoms with Crippen LogP contribution in [0.5, 0.6) is 0 Å². The number of hydrogen-bond donors (Lipinski definition) is 1. The molecular weight excluding hydrogens is 327 g/mol. The molecule has 2 aromatic rings. The molecule has 0 saturated carbocycles. The summed E-state index contributed by atoms with van der Waals surface area (Å²) in [6.45, 7) is 2.35. The molecule has 0 bridgehead atoms. The van der Waals surface area contributed by atoms with Crippen LogP contribution in [0, 0.1) is 12.7 Å². The SMILES string of the molecule is Cc1c(F)ccc(NCc2cnc(Cl)s2)c1Br. The molecule has 0 aliphatic carbocycles. The summed E-state index contributed by atoms with van der Waals surface area (Å²) >= 11 is 10.5. The maximum absolute atomic E-state index is 13.2. The van der Waals surface area contributed by atoms with Gasteiger partial charge in [0.2, 0.25) is 0 Å². The zero-order chi connectivity index (χ0) is 12.4. The van der Waals surface area contributed by atoms with E-state index in [2.05, 4.69) is 26.2 Å². The van der Waals surface area contributed by atoms with Crippen molar-refractivity contribution in [1.29, 1.82) is 0 Å². The Kier molecular flexibility index (Phi) is 4.01. The summed E-state index contributed by atoms with van der Waals surface area (Å²) in [6, 6.07) is 3.15. The van der Waals surface area contributed by atoms with Gasteiger partial charge >= 0.3 is 0 Å². The Balaban J connectivity index is 2.12. The minimum Gasteiger partial charge on any atom is -0.379 e. The summed E-state index contributed by atoms with van der Waals surface area (Å²) < 4.78 is 14.5. The normalized spacial score (nSPS) is 10.6. The molecule has 0 amide bonds. The molecule has 90 valence electrons. The topological polar surface area (TPSA) is 24.9 Å². The summed E-state index contributed by atoms with van der Waals surface area (Å²) in [5, 5.41) is 3.21. The largest absolute Gasteiger partial charge is 0.379 e. The van der Waals surface area contributed by atoms with E-state index in [0.717, 1.165) is 15.0 Å².